The molecule has 1 fully saturated rings. The molecular formula is C14H17F2NO3. The van der Waals surface area contributed by atoms with Gasteiger partial charge in [-0.1, -0.05) is 6.07 Å². The van der Waals surface area contributed by atoms with Gasteiger partial charge in [0.05, 0.1) is 17.6 Å². The van der Waals surface area contributed by atoms with Crippen molar-refractivity contribution in [1.29, 1.82) is 0 Å². The molecule has 20 heavy (non-hydrogen) atoms. The molecule has 3 atom stereocenters. The van der Waals surface area contributed by atoms with Crippen LogP contribution in [0.2, 0.25) is 0 Å². The standard InChI is InChI=1S/C14H17F2NO3/c1-8-9(5-6-20-8)14(19)17-7-12(18)13-10(15)3-2-4-11(13)16/h2-4,8-9,12,18H,5-7H2,1H3,(H,17,19). The fourth-order valence-corrected chi connectivity index (χ4v) is 2.34. The second-order valence-electron chi connectivity index (χ2n) is 4.87. The number of halogens is 2. The van der Waals surface area contributed by atoms with E-state index in [2.05, 4.69) is 5.32 Å². The number of amides is 1. The maximum atomic E-state index is 13.5. The van der Waals surface area contributed by atoms with E-state index >= 15 is 0 Å². The van der Waals surface area contributed by atoms with Gasteiger partial charge in [0.1, 0.15) is 17.7 Å². The molecule has 4 nitrogen and oxygen atoms in total. The Kier molecular flexibility index (Phi) is 4.67. The van der Waals surface area contributed by atoms with Gasteiger partial charge in [-0.05, 0) is 25.5 Å². The first-order valence-electron chi connectivity index (χ1n) is 6.52. The summed E-state index contributed by atoms with van der Waals surface area (Å²) in [6.07, 6.45) is -0.993. The fraction of sp³-hybridized carbons (Fsp3) is 0.500. The van der Waals surface area contributed by atoms with E-state index < -0.39 is 23.3 Å². The molecule has 0 aromatic heterocycles. The van der Waals surface area contributed by atoms with Crippen molar-refractivity contribution in [1.82, 2.24) is 5.32 Å². The molecule has 1 heterocycles. The fourth-order valence-electron chi connectivity index (χ4n) is 2.34. The molecule has 3 unspecified atom stereocenters. The second kappa shape index (κ2) is 6.28. The zero-order valence-corrected chi connectivity index (χ0v) is 11.1. The lowest BCUT2D eigenvalue weighted by atomic mass is 10.0. The van der Waals surface area contributed by atoms with E-state index in [1.54, 1.807) is 6.92 Å². The maximum Gasteiger partial charge on any atom is 0.225 e. The van der Waals surface area contributed by atoms with E-state index in [0.717, 1.165) is 12.1 Å². The van der Waals surface area contributed by atoms with Crippen LogP contribution in [0.4, 0.5) is 8.78 Å². The average Bonchev–Trinajstić information content (AvgIpc) is 2.82. The largest absolute Gasteiger partial charge is 0.386 e. The highest BCUT2D eigenvalue weighted by Crippen LogP contribution is 2.22. The molecule has 1 aliphatic rings. The Balaban J connectivity index is 1.95. The van der Waals surface area contributed by atoms with Gasteiger partial charge in [-0.2, -0.15) is 0 Å². The van der Waals surface area contributed by atoms with Crippen LogP contribution in [-0.4, -0.2) is 30.3 Å². The van der Waals surface area contributed by atoms with Gasteiger partial charge in [-0.25, -0.2) is 8.78 Å². The molecule has 1 aliphatic heterocycles. The molecule has 1 amide bonds. The van der Waals surface area contributed by atoms with E-state index in [-0.39, 0.29) is 24.5 Å². The maximum absolute atomic E-state index is 13.5. The van der Waals surface area contributed by atoms with E-state index in [0.29, 0.717) is 13.0 Å². The minimum absolute atomic E-state index is 0.183. The highest BCUT2D eigenvalue weighted by molar-refractivity contribution is 5.79. The molecule has 110 valence electrons. The van der Waals surface area contributed by atoms with Crippen LogP contribution in [-0.2, 0) is 9.53 Å². The van der Waals surface area contributed by atoms with Gasteiger partial charge in [0.2, 0.25) is 5.91 Å². The van der Waals surface area contributed by atoms with Crippen LogP contribution in [0.25, 0.3) is 0 Å². The van der Waals surface area contributed by atoms with Gasteiger partial charge in [-0.15, -0.1) is 0 Å². The van der Waals surface area contributed by atoms with Crippen molar-refractivity contribution in [3.05, 3.63) is 35.4 Å². The third kappa shape index (κ3) is 3.13. The van der Waals surface area contributed by atoms with Gasteiger partial charge in [0, 0.05) is 13.2 Å². The first kappa shape index (κ1) is 14.9. The number of aliphatic hydroxyl groups excluding tert-OH is 1. The summed E-state index contributed by atoms with van der Waals surface area (Å²) in [4.78, 5) is 11.9. The Morgan fingerprint density at radius 1 is 1.50 bits per heavy atom. The summed E-state index contributed by atoms with van der Waals surface area (Å²) in [6.45, 7) is 2.08. The summed E-state index contributed by atoms with van der Waals surface area (Å²) in [5, 5.41) is 12.3. The lowest BCUT2D eigenvalue weighted by Crippen LogP contribution is -2.36. The van der Waals surface area contributed by atoms with Crippen molar-refractivity contribution < 1.29 is 23.4 Å². The van der Waals surface area contributed by atoms with Crippen molar-refractivity contribution in [2.24, 2.45) is 5.92 Å². The molecular weight excluding hydrogens is 268 g/mol. The molecule has 2 rings (SSSR count). The van der Waals surface area contributed by atoms with Gasteiger partial charge in [-0.3, -0.25) is 4.79 Å². The monoisotopic (exact) mass is 285 g/mol. The summed E-state index contributed by atoms with van der Waals surface area (Å²) in [7, 11) is 0. The average molecular weight is 285 g/mol. The van der Waals surface area contributed by atoms with Gasteiger partial charge >= 0.3 is 0 Å². The van der Waals surface area contributed by atoms with Crippen LogP contribution in [0.5, 0.6) is 0 Å². The lowest BCUT2D eigenvalue weighted by Gasteiger charge is -2.17. The minimum Gasteiger partial charge on any atom is -0.386 e. The number of aliphatic hydroxyl groups is 1. The summed E-state index contributed by atoms with van der Waals surface area (Å²) < 4.78 is 32.2. The number of carbonyl (C=O) groups excluding carboxylic acids is 1. The Morgan fingerprint density at radius 2 is 2.15 bits per heavy atom. The van der Waals surface area contributed by atoms with Crippen LogP contribution < -0.4 is 5.32 Å². The summed E-state index contributed by atoms with van der Waals surface area (Å²) >= 11 is 0. The Morgan fingerprint density at radius 3 is 2.70 bits per heavy atom. The van der Waals surface area contributed by atoms with Crippen molar-refractivity contribution in [3.63, 3.8) is 0 Å². The van der Waals surface area contributed by atoms with E-state index in [4.69, 9.17) is 4.74 Å². The molecule has 1 aromatic rings. The number of hydrogen-bond donors (Lipinski definition) is 2. The predicted octanol–water partition coefficient (Wildman–Crippen LogP) is 1.54. The van der Waals surface area contributed by atoms with Crippen LogP contribution in [0.3, 0.4) is 0 Å². The Hall–Kier alpha value is -1.53. The first-order valence-corrected chi connectivity index (χ1v) is 6.52. The number of ether oxygens (including phenoxy) is 1. The van der Waals surface area contributed by atoms with Gasteiger partial charge in [0.15, 0.2) is 0 Å². The van der Waals surface area contributed by atoms with Crippen LogP contribution in [0.15, 0.2) is 18.2 Å². The molecule has 0 saturated carbocycles. The van der Waals surface area contributed by atoms with Crippen molar-refractivity contribution in [3.8, 4) is 0 Å². The summed E-state index contributed by atoms with van der Waals surface area (Å²) in [5.74, 6) is -2.22. The summed E-state index contributed by atoms with van der Waals surface area (Å²) in [5.41, 5.74) is -0.427. The zero-order chi connectivity index (χ0) is 14.7. The number of carbonyl (C=O) groups is 1. The van der Waals surface area contributed by atoms with E-state index in [1.165, 1.54) is 6.07 Å². The molecule has 6 heteroatoms. The first-order chi connectivity index (χ1) is 9.50. The second-order valence-corrected chi connectivity index (χ2v) is 4.87. The molecule has 0 spiro atoms. The normalized spacial score (nSPS) is 23.6. The molecule has 0 bridgehead atoms. The van der Waals surface area contributed by atoms with E-state index in [1.807, 2.05) is 0 Å². The van der Waals surface area contributed by atoms with Gasteiger partial charge < -0.3 is 15.2 Å². The number of benzene rings is 1. The third-order valence-electron chi connectivity index (χ3n) is 3.52. The number of nitrogens with one attached hydrogen (secondary N) is 1. The van der Waals surface area contributed by atoms with Crippen molar-refractivity contribution >= 4 is 5.91 Å². The SMILES string of the molecule is CC1OCCC1C(=O)NCC(O)c1c(F)cccc1F. The molecule has 2 N–H and O–H groups in total. The van der Waals surface area contributed by atoms with Crippen LogP contribution in [0, 0.1) is 17.6 Å². The van der Waals surface area contributed by atoms with Crippen molar-refractivity contribution in [2.45, 2.75) is 25.6 Å². The summed E-state index contributed by atoms with van der Waals surface area (Å²) in [6, 6.07) is 3.35. The highest BCUT2D eigenvalue weighted by Gasteiger charge is 2.31. The quantitative estimate of drug-likeness (QED) is 0.882. The van der Waals surface area contributed by atoms with Gasteiger partial charge in [0.25, 0.3) is 0 Å². The van der Waals surface area contributed by atoms with Crippen LogP contribution in [0.1, 0.15) is 25.0 Å². The smallest absolute Gasteiger partial charge is 0.225 e. The third-order valence-corrected chi connectivity index (χ3v) is 3.52. The topological polar surface area (TPSA) is 58.6 Å². The Labute approximate surface area is 115 Å². The Bertz CT molecular complexity index is 475. The van der Waals surface area contributed by atoms with Crippen molar-refractivity contribution in [2.75, 3.05) is 13.2 Å². The molecule has 0 radical (unpaired) electrons. The number of hydrogen-bond acceptors (Lipinski definition) is 3. The molecule has 0 aliphatic carbocycles. The van der Waals surface area contributed by atoms with Crippen LogP contribution >= 0.6 is 0 Å². The molecule has 1 saturated heterocycles. The predicted molar refractivity (Wildman–Crippen MR) is 67.8 cm³/mol. The number of rotatable bonds is 4. The zero-order valence-electron chi connectivity index (χ0n) is 11.1. The lowest BCUT2D eigenvalue weighted by molar-refractivity contribution is -0.126. The highest BCUT2D eigenvalue weighted by atomic mass is 19.1. The minimum atomic E-state index is -1.42. The van der Waals surface area contributed by atoms with E-state index in [9.17, 15) is 18.7 Å². The molecule has 1 aromatic carbocycles.